The highest BCUT2D eigenvalue weighted by molar-refractivity contribution is 5.94. The molecule has 1 N–H and O–H groups in total. The predicted molar refractivity (Wildman–Crippen MR) is 172 cm³/mol. The van der Waals surface area contributed by atoms with E-state index in [2.05, 4.69) is 49.4 Å². The number of hydrogen-bond donors (Lipinski definition) is 1. The van der Waals surface area contributed by atoms with Crippen molar-refractivity contribution in [3.63, 3.8) is 0 Å². The Bertz CT molecular complexity index is 1420. The smallest absolute Gasteiger partial charge is 0.407 e. The number of nitrogens with zero attached hydrogens (tertiary/aromatic N) is 4. The van der Waals surface area contributed by atoms with Gasteiger partial charge in [-0.05, 0) is 119 Å². The Kier molecular flexibility index (Phi) is 10.2. The van der Waals surface area contributed by atoms with Gasteiger partial charge in [0.2, 0.25) is 5.91 Å². The molecule has 2 aliphatic carbocycles. The number of nitrogens with one attached hydrogen (secondary N) is 1. The maximum atomic E-state index is 14.2. The molecule has 9 nitrogen and oxygen atoms in total. The summed E-state index contributed by atoms with van der Waals surface area (Å²) in [6.45, 7) is 6.97. The number of aromatic nitrogens is 3. The van der Waals surface area contributed by atoms with Crippen molar-refractivity contribution in [2.45, 2.75) is 90.2 Å². The molecule has 44 heavy (non-hydrogen) atoms. The molecule has 2 aromatic heterocycles. The van der Waals surface area contributed by atoms with Gasteiger partial charge in [-0.15, -0.1) is 0 Å². The third-order valence-corrected chi connectivity index (χ3v) is 9.43. The van der Waals surface area contributed by atoms with Gasteiger partial charge in [-0.2, -0.15) is 5.10 Å². The van der Waals surface area contributed by atoms with E-state index in [9.17, 15) is 9.59 Å². The van der Waals surface area contributed by atoms with Gasteiger partial charge in [0, 0.05) is 43.5 Å². The topological polar surface area (TPSA) is 98.6 Å². The number of benzene rings is 1. The highest BCUT2D eigenvalue weighted by atomic mass is 16.6. The summed E-state index contributed by atoms with van der Waals surface area (Å²) in [5.41, 5.74) is 4.56. The lowest BCUT2D eigenvalue weighted by molar-refractivity contribution is -0.124. The van der Waals surface area contributed by atoms with Crippen LogP contribution in [0, 0.1) is 18.8 Å². The Balaban J connectivity index is 1.32. The summed E-state index contributed by atoms with van der Waals surface area (Å²) in [4.78, 5) is 32.6. The first kappa shape index (κ1) is 31.5. The van der Waals surface area contributed by atoms with Gasteiger partial charge in [-0.1, -0.05) is 12.1 Å². The minimum absolute atomic E-state index is 0.118. The van der Waals surface area contributed by atoms with Crippen LogP contribution in [0.25, 0.3) is 11.1 Å². The predicted octanol–water partition coefficient (Wildman–Crippen LogP) is 7.06. The number of pyridine rings is 1. The normalized spacial score (nSPS) is 22.0. The third kappa shape index (κ3) is 7.42. The van der Waals surface area contributed by atoms with Crippen LogP contribution in [0.4, 0.5) is 10.6 Å². The molecule has 0 radical (unpaired) electrons. The molecule has 2 heterocycles. The fourth-order valence-corrected chi connectivity index (χ4v) is 6.76. The summed E-state index contributed by atoms with van der Waals surface area (Å²) < 4.78 is 12.9. The minimum atomic E-state index is -0.413. The van der Waals surface area contributed by atoms with Crippen LogP contribution in [0.5, 0.6) is 5.75 Å². The van der Waals surface area contributed by atoms with E-state index < -0.39 is 6.09 Å². The van der Waals surface area contributed by atoms with E-state index >= 15 is 0 Å². The fraction of sp³-hybridized carbons (Fsp3) is 0.543. The Morgan fingerprint density at radius 2 is 1.77 bits per heavy atom. The van der Waals surface area contributed by atoms with Crippen LogP contribution in [-0.4, -0.2) is 53.6 Å². The number of carbonyl (C=O) groups excluding carboxylic acids is 2. The molecule has 0 atom stereocenters. The Morgan fingerprint density at radius 1 is 1.02 bits per heavy atom. The van der Waals surface area contributed by atoms with Crippen molar-refractivity contribution < 1.29 is 19.1 Å². The minimum Gasteiger partial charge on any atom is -0.496 e. The van der Waals surface area contributed by atoms with Crippen molar-refractivity contribution in [2.75, 3.05) is 25.6 Å². The van der Waals surface area contributed by atoms with E-state index in [0.29, 0.717) is 49.9 Å². The van der Waals surface area contributed by atoms with Crippen LogP contribution in [0.3, 0.4) is 0 Å². The monoisotopic (exact) mass is 601 g/mol. The largest absolute Gasteiger partial charge is 0.496 e. The van der Waals surface area contributed by atoms with Crippen LogP contribution in [0.1, 0.15) is 88.3 Å². The molecule has 0 saturated heterocycles. The van der Waals surface area contributed by atoms with Crippen LogP contribution >= 0.6 is 0 Å². The van der Waals surface area contributed by atoms with Crippen LogP contribution in [0.2, 0.25) is 0 Å². The number of rotatable bonds is 9. The lowest BCUT2D eigenvalue weighted by Gasteiger charge is -2.35. The van der Waals surface area contributed by atoms with E-state index in [1.54, 1.807) is 20.4 Å². The van der Waals surface area contributed by atoms with Gasteiger partial charge < -0.3 is 14.8 Å². The second-order valence-corrected chi connectivity index (χ2v) is 12.7. The first-order chi connectivity index (χ1) is 21.2. The molecule has 236 valence electrons. The van der Waals surface area contributed by atoms with Gasteiger partial charge in [0.05, 0.1) is 13.3 Å². The third-order valence-electron chi connectivity index (χ3n) is 9.43. The van der Waals surface area contributed by atoms with Crippen molar-refractivity contribution in [1.82, 2.24) is 20.1 Å². The van der Waals surface area contributed by atoms with Gasteiger partial charge in [0.25, 0.3) is 0 Å². The fourth-order valence-electron chi connectivity index (χ4n) is 6.76. The lowest BCUT2D eigenvalue weighted by atomic mass is 9.78. The van der Waals surface area contributed by atoms with E-state index in [0.717, 1.165) is 42.6 Å². The second kappa shape index (κ2) is 14.3. The van der Waals surface area contributed by atoms with Crippen LogP contribution in [0.15, 0.2) is 48.9 Å². The molecule has 3 aromatic rings. The van der Waals surface area contributed by atoms with Gasteiger partial charge in [-0.3, -0.25) is 14.4 Å². The molecule has 0 spiro atoms. The van der Waals surface area contributed by atoms with Gasteiger partial charge >= 0.3 is 6.09 Å². The number of anilines is 1. The number of methoxy groups -OCH3 is 1. The summed E-state index contributed by atoms with van der Waals surface area (Å²) in [7, 11) is 3.28. The maximum Gasteiger partial charge on any atom is 0.407 e. The van der Waals surface area contributed by atoms with Crippen LogP contribution in [-0.2, 0) is 9.53 Å². The number of amides is 2. The van der Waals surface area contributed by atoms with Crippen molar-refractivity contribution in [2.24, 2.45) is 11.8 Å². The molecule has 0 bridgehead atoms. The SMILES string of the molecule is CNC(=O)OC1CCC(C(=O)N(CC2CCC(c3ccc(OC)c(C)c3)CC2)c2cc(-c3cnn(C(C)C)c3)ccn2)CC1. The Hall–Kier alpha value is -3.88. The first-order valence-corrected chi connectivity index (χ1v) is 16.1. The number of hydrogen-bond acceptors (Lipinski definition) is 6. The molecule has 9 heteroatoms. The Labute approximate surface area is 261 Å². The molecule has 1 aromatic carbocycles. The molecule has 2 saturated carbocycles. The van der Waals surface area contributed by atoms with Gasteiger partial charge in [-0.25, -0.2) is 9.78 Å². The molecular weight excluding hydrogens is 554 g/mol. The molecule has 2 amide bonds. The van der Waals surface area contributed by atoms with Crippen LogP contribution < -0.4 is 15.0 Å². The molecule has 0 aliphatic heterocycles. The van der Waals surface area contributed by atoms with E-state index in [1.165, 1.54) is 11.1 Å². The van der Waals surface area contributed by atoms with Crippen molar-refractivity contribution in [3.8, 4) is 16.9 Å². The summed E-state index contributed by atoms with van der Waals surface area (Å²) in [5, 5.41) is 7.04. The zero-order chi connectivity index (χ0) is 31.2. The zero-order valence-corrected chi connectivity index (χ0v) is 26.8. The number of ether oxygens (including phenoxy) is 2. The Morgan fingerprint density at radius 3 is 2.41 bits per heavy atom. The summed E-state index contributed by atoms with van der Waals surface area (Å²) in [5.74, 6) is 2.55. The zero-order valence-electron chi connectivity index (χ0n) is 26.8. The van der Waals surface area contributed by atoms with E-state index in [4.69, 9.17) is 14.5 Å². The molecule has 5 rings (SSSR count). The quantitative estimate of drug-likeness (QED) is 0.282. The first-order valence-electron chi connectivity index (χ1n) is 16.1. The summed E-state index contributed by atoms with van der Waals surface area (Å²) in [6.07, 6.45) is 12.2. The summed E-state index contributed by atoms with van der Waals surface area (Å²) >= 11 is 0. The lowest BCUT2D eigenvalue weighted by Crippen LogP contribution is -2.42. The van der Waals surface area contributed by atoms with Gasteiger partial charge in [0.1, 0.15) is 17.7 Å². The number of alkyl carbamates (subject to hydrolysis) is 1. The summed E-state index contributed by atoms with van der Waals surface area (Å²) in [6, 6.07) is 10.8. The van der Waals surface area contributed by atoms with Crippen molar-refractivity contribution in [3.05, 3.63) is 60.0 Å². The number of carbonyl (C=O) groups is 2. The standard InChI is InChI=1S/C35H47N5O4/c1-23(2)40-22-30(20-38-40)29-16-17-37-33(19-29)39(34(41)27-10-13-31(14-11-27)44-35(42)36-4)21-25-6-8-26(9-7-25)28-12-15-32(43-5)24(3)18-28/h12,15-20,22-23,25-27,31H,6-11,13-14,21H2,1-5H3,(H,36,42). The second-order valence-electron chi connectivity index (χ2n) is 12.7. The highest BCUT2D eigenvalue weighted by Gasteiger charge is 2.34. The average Bonchev–Trinajstić information content (AvgIpc) is 3.55. The molecule has 0 unspecified atom stereocenters. The van der Waals surface area contributed by atoms with Crippen molar-refractivity contribution >= 4 is 17.8 Å². The molecule has 2 fully saturated rings. The van der Waals surface area contributed by atoms with Crippen molar-refractivity contribution in [1.29, 1.82) is 0 Å². The molecule has 2 aliphatic rings. The van der Waals surface area contributed by atoms with E-state index in [1.807, 2.05) is 34.1 Å². The molecular formula is C35H47N5O4. The van der Waals surface area contributed by atoms with Gasteiger partial charge in [0.15, 0.2) is 0 Å². The number of aryl methyl sites for hydroxylation is 1. The van der Waals surface area contributed by atoms with E-state index in [-0.39, 0.29) is 24.0 Å². The highest BCUT2D eigenvalue weighted by Crippen LogP contribution is 2.39. The average molecular weight is 602 g/mol. The maximum absolute atomic E-state index is 14.2.